The van der Waals surface area contributed by atoms with E-state index in [2.05, 4.69) is 0 Å². The Bertz CT molecular complexity index is 679. The number of rotatable bonds is 5. The summed E-state index contributed by atoms with van der Waals surface area (Å²) in [6.45, 7) is -0.871. The number of aromatic nitrogens is 1. The van der Waals surface area contributed by atoms with E-state index in [1.807, 2.05) is 0 Å². The minimum atomic E-state index is -4.79. The Kier molecular flexibility index (Phi) is 5.30. The van der Waals surface area contributed by atoms with Crippen LogP contribution in [-0.2, 0) is 22.3 Å². The third-order valence-electron chi connectivity index (χ3n) is 4.04. The predicted octanol–water partition coefficient (Wildman–Crippen LogP) is 1.12. The molecule has 1 saturated carbocycles. The van der Waals surface area contributed by atoms with Crippen LogP contribution in [0.25, 0.3) is 0 Å². The highest BCUT2D eigenvalue weighted by Gasteiger charge is 2.35. The number of pyridine rings is 1. The summed E-state index contributed by atoms with van der Waals surface area (Å²) in [4.78, 5) is 36.8. The molecule has 1 aromatic rings. The predicted molar refractivity (Wildman–Crippen MR) is 78.9 cm³/mol. The molecule has 1 aliphatic rings. The SMILES string of the molecule is NC(=O)CN(C(=O)Cn1cccc(C(F)(F)F)c1=O)C1CCCC1. The van der Waals surface area contributed by atoms with Gasteiger partial charge in [0, 0.05) is 12.2 Å². The zero-order valence-electron chi connectivity index (χ0n) is 12.9. The summed E-state index contributed by atoms with van der Waals surface area (Å²) in [5.74, 6) is -1.30. The van der Waals surface area contributed by atoms with Gasteiger partial charge in [-0.05, 0) is 25.0 Å². The van der Waals surface area contributed by atoms with Crippen LogP contribution in [0.1, 0.15) is 31.2 Å². The van der Waals surface area contributed by atoms with Crippen LogP contribution in [0.3, 0.4) is 0 Å². The number of primary amides is 1. The van der Waals surface area contributed by atoms with Crippen LogP contribution in [0, 0.1) is 0 Å². The van der Waals surface area contributed by atoms with Crippen LogP contribution < -0.4 is 11.3 Å². The van der Waals surface area contributed by atoms with Crippen LogP contribution in [0.5, 0.6) is 0 Å². The van der Waals surface area contributed by atoms with E-state index in [1.54, 1.807) is 0 Å². The smallest absolute Gasteiger partial charge is 0.368 e. The van der Waals surface area contributed by atoms with E-state index in [0.29, 0.717) is 23.5 Å². The van der Waals surface area contributed by atoms with Gasteiger partial charge in [0.1, 0.15) is 12.1 Å². The molecule has 24 heavy (non-hydrogen) atoms. The van der Waals surface area contributed by atoms with E-state index in [0.717, 1.165) is 25.1 Å². The van der Waals surface area contributed by atoms with Crippen molar-refractivity contribution in [1.82, 2.24) is 9.47 Å². The minimum absolute atomic E-state index is 0.175. The molecule has 132 valence electrons. The Hall–Kier alpha value is -2.32. The number of nitrogens with zero attached hydrogens (tertiary/aromatic N) is 2. The number of hydrogen-bond acceptors (Lipinski definition) is 3. The molecule has 0 unspecified atom stereocenters. The largest absolute Gasteiger partial charge is 0.421 e. The van der Waals surface area contributed by atoms with Crippen LogP contribution in [-0.4, -0.2) is 33.9 Å². The molecule has 6 nitrogen and oxygen atoms in total. The molecule has 0 radical (unpaired) electrons. The number of hydrogen-bond donors (Lipinski definition) is 1. The highest BCUT2D eigenvalue weighted by molar-refractivity contribution is 5.84. The first-order valence-corrected chi connectivity index (χ1v) is 7.54. The number of halogens is 3. The Morgan fingerprint density at radius 1 is 1.29 bits per heavy atom. The molecule has 1 heterocycles. The number of alkyl halides is 3. The van der Waals surface area contributed by atoms with E-state index in [1.165, 1.54) is 4.90 Å². The quantitative estimate of drug-likeness (QED) is 0.868. The molecule has 0 aliphatic heterocycles. The summed E-state index contributed by atoms with van der Waals surface area (Å²) in [6.07, 6.45) is -0.464. The molecule has 9 heteroatoms. The van der Waals surface area contributed by atoms with Crippen molar-refractivity contribution in [3.63, 3.8) is 0 Å². The lowest BCUT2D eigenvalue weighted by Gasteiger charge is -2.28. The van der Waals surface area contributed by atoms with Gasteiger partial charge in [-0.1, -0.05) is 12.8 Å². The van der Waals surface area contributed by atoms with Gasteiger partial charge in [0.05, 0.1) is 6.54 Å². The maximum atomic E-state index is 12.8. The van der Waals surface area contributed by atoms with Gasteiger partial charge in [-0.15, -0.1) is 0 Å². The molecular formula is C15H18F3N3O3. The summed E-state index contributed by atoms with van der Waals surface area (Å²) in [6, 6.07) is 1.55. The van der Waals surface area contributed by atoms with Crippen LogP contribution in [0.2, 0.25) is 0 Å². The van der Waals surface area contributed by atoms with Crippen molar-refractivity contribution in [3.8, 4) is 0 Å². The van der Waals surface area contributed by atoms with Crippen molar-refractivity contribution in [3.05, 3.63) is 34.2 Å². The molecule has 0 atom stereocenters. The third-order valence-corrected chi connectivity index (χ3v) is 4.04. The van der Waals surface area contributed by atoms with E-state index >= 15 is 0 Å². The van der Waals surface area contributed by atoms with Crippen molar-refractivity contribution in [2.75, 3.05) is 6.54 Å². The topological polar surface area (TPSA) is 85.4 Å². The van der Waals surface area contributed by atoms with Gasteiger partial charge in [0.15, 0.2) is 0 Å². The van der Waals surface area contributed by atoms with Gasteiger partial charge in [-0.2, -0.15) is 13.2 Å². The van der Waals surface area contributed by atoms with Gasteiger partial charge in [0.25, 0.3) is 5.56 Å². The zero-order valence-corrected chi connectivity index (χ0v) is 12.9. The summed E-state index contributed by atoms with van der Waals surface area (Å²) >= 11 is 0. The molecular weight excluding hydrogens is 327 g/mol. The van der Waals surface area contributed by atoms with Crippen molar-refractivity contribution < 1.29 is 22.8 Å². The molecule has 1 aromatic heterocycles. The maximum Gasteiger partial charge on any atom is 0.421 e. The van der Waals surface area contributed by atoms with E-state index in [4.69, 9.17) is 5.73 Å². The van der Waals surface area contributed by atoms with Gasteiger partial charge in [-0.3, -0.25) is 14.4 Å². The highest BCUT2D eigenvalue weighted by Crippen LogP contribution is 2.26. The van der Waals surface area contributed by atoms with Crippen molar-refractivity contribution >= 4 is 11.8 Å². The first kappa shape index (κ1) is 18.0. The number of nitrogens with two attached hydrogens (primary N) is 1. The standard InChI is InChI=1S/C15H18F3N3O3/c16-15(17,18)11-6-3-7-20(14(11)24)9-13(23)21(8-12(19)22)10-4-1-2-5-10/h3,6-7,10H,1-2,4-5,8-9H2,(H2,19,22). The Labute approximate surface area is 136 Å². The second-order valence-electron chi connectivity index (χ2n) is 5.78. The van der Waals surface area contributed by atoms with E-state index < -0.39 is 35.7 Å². The molecule has 0 saturated heterocycles. The lowest BCUT2D eigenvalue weighted by atomic mass is 10.2. The highest BCUT2D eigenvalue weighted by atomic mass is 19.4. The molecule has 0 spiro atoms. The van der Waals surface area contributed by atoms with Crippen LogP contribution in [0.4, 0.5) is 13.2 Å². The fourth-order valence-electron chi connectivity index (χ4n) is 2.92. The molecule has 1 fully saturated rings. The second kappa shape index (κ2) is 7.06. The Morgan fingerprint density at radius 3 is 2.46 bits per heavy atom. The van der Waals surface area contributed by atoms with Gasteiger partial charge < -0.3 is 15.2 Å². The lowest BCUT2D eigenvalue weighted by Crippen LogP contribution is -2.46. The zero-order chi connectivity index (χ0) is 17.9. The Balaban J connectivity index is 2.23. The van der Waals surface area contributed by atoms with E-state index in [-0.39, 0.29) is 12.6 Å². The fourth-order valence-corrected chi connectivity index (χ4v) is 2.92. The van der Waals surface area contributed by atoms with Crippen molar-refractivity contribution in [2.45, 2.75) is 44.4 Å². The van der Waals surface area contributed by atoms with Crippen LogP contribution >= 0.6 is 0 Å². The summed E-state index contributed by atoms with van der Waals surface area (Å²) < 4.78 is 39.0. The summed E-state index contributed by atoms with van der Waals surface area (Å²) in [5, 5.41) is 0. The normalized spacial score (nSPS) is 15.5. The first-order chi connectivity index (χ1) is 11.2. The van der Waals surface area contributed by atoms with Gasteiger partial charge in [-0.25, -0.2) is 0 Å². The molecule has 1 aliphatic carbocycles. The summed E-state index contributed by atoms with van der Waals surface area (Å²) in [5.41, 5.74) is 2.53. The monoisotopic (exact) mass is 345 g/mol. The number of amides is 2. The Morgan fingerprint density at radius 2 is 1.92 bits per heavy atom. The van der Waals surface area contributed by atoms with Gasteiger partial charge >= 0.3 is 6.18 Å². The van der Waals surface area contributed by atoms with E-state index in [9.17, 15) is 27.6 Å². The fraction of sp³-hybridized carbons (Fsp3) is 0.533. The average Bonchev–Trinajstić information content (AvgIpc) is 2.99. The number of carbonyl (C=O) groups is 2. The first-order valence-electron chi connectivity index (χ1n) is 7.54. The number of carbonyl (C=O) groups excluding carboxylic acids is 2. The second-order valence-corrected chi connectivity index (χ2v) is 5.78. The average molecular weight is 345 g/mol. The molecule has 2 N–H and O–H groups in total. The maximum absolute atomic E-state index is 12.8. The molecule has 2 rings (SSSR count). The summed E-state index contributed by atoms with van der Waals surface area (Å²) in [7, 11) is 0. The van der Waals surface area contributed by atoms with Crippen LogP contribution in [0.15, 0.2) is 23.1 Å². The van der Waals surface area contributed by atoms with Crippen molar-refractivity contribution in [2.24, 2.45) is 5.73 Å². The molecule has 0 bridgehead atoms. The molecule has 2 amide bonds. The lowest BCUT2D eigenvalue weighted by molar-refractivity contribution is -0.140. The molecule has 0 aromatic carbocycles. The minimum Gasteiger partial charge on any atom is -0.368 e. The third kappa shape index (κ3) is 4.15. The van der Waals surface area contributed by atoms with Gasteiger partial charge in [0.2, 0.25) is 11.8 Å². The van der Waals surface area contributed by atoms with Crippen molar-refractivity contribution in [1.29, 1.82) is 0 Å².